The highest BCUT2D eigenvalue weighted by Gasteiger charge is 2.32. The van der Waals surface area contributed by atoms with Crippen LogP contribution in [0.15, 0.2) is 0 Å². The fraction of sp³-hybridized carbons (Fsp3) is 0.722. The molecule has 3 rings (SSSR count). The predicted octanol–water partition coefficient (Wildman–Crippen LogP) is 1.34. The third-order valence-electron chi connectivity index (χ3n) is 5.18. The number of fused-ring (bicyclic) bond motifs is 1. The van der Waals surface area contributed by atoms with Gasteiger partial charge in [-0.1, -0.05) is 6.92 Å². The number of nitrogens with one attached hydrogen (secondary N) is 3. The third-order valence-corrected chi connectivity index (χ3v) is 5.18. The van der Waals surface area contributed by atoms with Gasteiger partial charge in [0.2, 0.25) is 5.91 Å². The van der Waals surface area contributed by atoms with E-state index in [-0.39, 0.29) is 29.9 Å². The van der Waals surface area contributed by atoms with Crippen molar-refractivity contribution in [2.75, 3.05) is 13.2 Å². The number of hydrogen-bond donors (Lipinski definition) is 3. The zero-order valence-corrected chi connectivity index (χ0v) is 15.1. The minimum absolute atomic E-state index is 0.0143. The second-order valence-electron chi connectivity index (χ2n) is 7.07. The fourth-order valence-electron chi connectivity index (χ4n) is 3.75. The molecule has 0 aromatic carbocycles. The summed E-state index contributed by atoms with van der Waals surface area (Å²) in [6.45, 7) is 4.97. The number of carbonyl (C=O) groups is 2. The van der Waals surface area contributed by atoms with Crippen molar-refractivity contribution in [3.63, 3.8) is 0 Å². The number of aromatic amines is 1. The lowest BCUT2D eigenvalue weighted by atomic mass is 9.95. The molecular weight excluding hydrogens is 320 g/mol. The summed E-state index contributed by atoms with van der Waals surface area (Å²) in [5.74, 6) is -0.231. The lowest BCUT2D eigenvalue weighted by Crippen LogP contribution is -2.44. The fourth-order valence-corrected chi connectivity index (χ4v) is 3.75. The molecule has 2 unspecified atom stereocenters. The van der Waals surface area contributed by atoms with Gasteiger partial charge in [-0.15, -0.1) is 0 Å². The number of amides is 2. The number of H-pyrrole nitrogens is 1. The molecule has 0 spiro atoms. The van der Waals surface area contributed by atoms with Crippen LogP contribution in [0.5, 0.6) is 0 Å². The number of nitrogens with zero attached hydrogens (tertiary/aromatic N) is 1. The highest BCUT2D eigenvalue weighted by molar-refractivity contribution is 5.94. The van der Waals surface area contributed by atoms with Gasteiger partial charge in [0.25, 0.3) is 5.91 Å². The minimum Gasteiger partial charge on any atom is -0.377 e. The zero-order valence-electron chi connectivity index (χ0n) is 15.1. The first-order chi connectivity index (χ1) is 12.1. The van der Waals surface area contributed by atoms with Crippen LogP contribution in [0.4, 0.5) is 0 Å². The summed E-state index contributed by atoms with van der Waals surface area (Å²) in [5, 5.41) is 13.0. The van der Waals surface area contributed by atoms with Crippen LogP contribution >= 0.6 is 0 Å². The van der Waals surface area contributed by atoms with E-state index in [1.807, 2.05) is 13.8 Å². The van der Waals surface area contributed by atoms with E-state index in [9.17, 15) is 9.59 Å². The van der Waals surface area contributed by atoms with Gasteiger partial charge in [0, 0.05) is 30.5 Å². The number of carbonyl (C=O) groups excluding carboxylic acids is 2. The zero-order chi connectivity index (χ0) is 17.8. The summed E-state index contributed by atoms with van der Waals surface area (Å²) in [6, 6.07) is -0.158. The molecule has 1 fully saturated rings. The largest absolute Gasteiger partial charge is 0.377 e. The normalized spacial score (nSPS) is 23.8. The standard InChI is InChI=1S/C18H28N4O3/c1-3-15-13(8-9-25-15)17(23)19-10-11(2)20-18(24)16-12-6-4-5-7-14(12)21-22-16/h11,13,15H,3-10H2,1-2H3,(H,19,23)(H,20,24)(H,21,22)/t11-,13?,15?/m0/s1. The first-order valence-corrected chi connectivity index (χ1v) is 9.36. The van der Waals surface area contributed by atoms with E-state index in [2.05, 4.69) is 20.8 Å². The van der Waals surface area contributed by atoms with E-state index in [0.717, 1.165) is 49.8 Å². The molecule has 7 heteroatoms. The van der Waals surface area contributed by atoms with Crippen LogP contribution in [-0.4, -0.2) is 47.3 Å². The van der Waals surface area contributed by atoms with Crippen LogP contribution in [0.2, 0.25) is 0 Å². The molecule has 2 aliphatic rings. The van der Waals surface area contributed by atoms with Crippen molar-refractivity contribution in [3.05, 3.63) is 17.0 Å². The maximum absolute atomic E-state index is 12.5. The summed E-state index contributed by atoms with van der Waals surface area (Å²) in [5.41, 5.74) is 2.64. The molecule has 138 valence electrons. The van der Waals surface area contributed by atoms with Gasteiger partial charge < -0.3 is 15.4 Å². The van der Waals surface area contributed by atoms with Crippen molar-refractivity contribution in [2.24, 2.45) is 5.92 Å². The van der Waals surface area contributed by atoms with Crippen LogP contribution in [0.3, 0.4) is 0 Å². The van der Waals surface area contributed by atoms with Crippen molar-refractivity contribution in [2.45, 2.75) is 64.5 Å². The molecule has 1 aromatic rings. The van der Waals surface area contributed by atoms with Gasteiger partial charge in [-0.25, -0.2) is 0 Å². The van der Waals surface area contributed by atoms with E-state index in [1.165, 1.54) is 0 Å². The van der Waals surface area contributed by atoms with E-state index in [4.69, 9.17) is 4.74 Å². The molecule has 0 radical (unpaired) electrons. The summed E-state index contributed by atoms with van der Waals surface area (Å²) < 4.78 is 5.57. The number of aryl methyl sites for hydroxylation is 1. The van der Waals surface area contributed by atoms with Crippen LogP contribution in [-0.2, 0) is 22.4 Å². The lowest BCUT2D eigenvalue weighted by molar-refractivity contribution is -0.126. The third kappa shape index (κ3) is 4.03. The van der Waals surface area contributed by atoms with Crippen LogP contribution < -0.4 is 10.6 Å². The van der Waals surface area contributed by atoms with Gasteiger partial charge in [-0.05, 0) is 45.4 Å². The lowest BCUT2D eigenvalue weighted by Gasteiger charge is -2.19. The number of ether oxygens (including phenoxy) is 1. The smallest absolute Gasteiger partial charge is 0.272 e. The summed E-state index contributed by atoms with van der Waals surface area (Å²) in [7, 11) is 0. The predicted molar refractivity (Wildman–Crippen MR) is 93.3 cm³/mol. The molecule has 0 bridgehead atoms. The van der Waals surface area contributed by atoms with Crippen molar-refractivity contribution < 1.29 is 14.3 Å². The molecule has 3 N–H and O–H groups in total. The molecule has 1 aliphatic heterocycles. The van der Waals surface area contributed by atoms with Gasteiger partial charge in [-0.3, -0.25) is 14.7 Å². The first kappa shape index (κ1) is 17.9. The Labute approximate surface area is 148 Å². The molecule has 1 saturated heterocycles. The van der Waals surface area contributed by atoms with Crippen molar-refractivity contribution >= 4 is 11.8 Å². The first-order valence-electron chi connectivity index (χ1n) is 9.36. The maximum atomic E-state index is 12.5. The highest BCUT2D eigenvalue weighted by Crippen LogP contribution is 2.23. The Kier molecular flexibility index (Phi) is 5.73. The highest BCUT2D eigenvalue weighted by atomic mass is 16.5. The van der Waals surface area contributed by atoms with Crippen molar-refractivity contribution in [3.8, 4) is 0 Å². The average molecular weight is 348 g/mol. The maximum Gasteiger partial charge on any atom is 0.272 e. The Hall–Kier alpha value is -1.89. The molecule has 2 amide bonds. The average Bonchev–Trinajstić information content (AvgIpc) is 3.26. The molecular formula is C18H28N4O3. The molecule has 25 heavy (non-hydrogen) atoms. The Morgan fingerprint density at radius 1 is 1.36 bits per heavy atom. The van der Waals surface area contributed by atoms with Crippen LogP contribution in [0.1, 0.15) is 61.3 Å². The topological polar surface area (TPSA) is 96.1 Å². The van der Waals surface area contributed by atoms with Gasteiger partial charge in [0.15, 0.2) is 5.69 Å². The second kappa shape index (κ2) is 7.99. The molecule has 2 heterocycles. The number of aromatic nitrogens is 2. The van der Waals surface area contributed by atoms with E-state index in [0.29, 0.717) is 18.8 Å². The quantitative estimate of drug-likeness (QED) is 0.723. The summed E-state index contributed by atoms with van der Waals surface area (Å²) >= 11 is 0. The molecule has 3 atom stereocenters. The molecule has 0 saturated carbocycles. The summed E-state index contributed by atoms with van der Waals surface area (Å²) in [6.07, 6.45) is 5.73. The van der Waals surface area contributed by atoms with Gasteiger partial charge in [-0.2, -0.15) is 5.10 Å². The second-order valence-corrected chi connectivity index (χ2v) is 7.07. The Balaban J connectivity index is 1.49. The monoisotopic (exact) mass is 348 g/mol. The van der Waals surface area contributed by atoms with Crippen molar-refractivity contribution in [1.82, 2.24) is 20.8 Å². The van der Waals surface area contributed by atoms with Crippen molar-refractivity contribution in [1.29, 1.82) is 0 Å². The Morgan fingerprint density at radius 3 is 2.96 bits per heavy atom. The SMILES string of the molecule is CCC1OCCC1C(=O)NC[C@H](C)NC(=O)c1n[nH]c2c1CCCC2. The summed E-state index contributed by atoms with van der Waals surface area (Å²) in [4.78, 5) is 24.8. The minimum atomic E-state index is -0.170. The van der Waals surface area contributed by atoms with Gasteiger partial charge in [0.1, 0.15) is 0 Å². The number of rotatable bonds is 6. The van der Waals surface area contributed by atoms with Crippen LogP contribution in [0.25, 0.3) is 0 Å². The Morgan fingerprint density at radius 2 is 2.16 bits per heavy atom. The molecule has 7 nitrogen and oxygen atoms in total. The van der Waals surface area contributed by atoms with E-state index < -0.39 is 0 Å². The van der Waals surface area contributed by atoms with Gasteiger partial charge in [0.05, 0.1) is 12.0 Å². The number of hydrogen-bond acceptors (Lipinski definition) is 4. The van der Waals surface area contributed by atoms with Crippen LogP contribution in [0, 0.1) is 5.92 Å². The molecule has 1 aliphatic carbocycles. The van der Waals surface area contributed by atoms with E-state index >= 15 is 0 Å². The Bertz CT molecular complexity index is 628. The van der Waals surface area contributed by atoms with Gasteiger partial charge >= 0.3 is 0 Å². The van der Waals surface area contributed by atoms with E-state index in [1.54, 1.807) is 0 Å². The molecule has 1 aromatic heterocycles.